The highest BCUT2D eigenvalue weighted by Gasteiger charge is 2.17. The van der Waals surface area contributed by atoms with E-state index in [2.05, 4.69) is 15.5 Å². The van der Waals surface area contributed by atoms with Crippen LogP contribution in [0.4, 0.5) is 10.5 Å². The quantitative estimate of drug-likeness (QED) is 0.913. The number of hydrogen-bond donors (Lipinski definition) is 1. The minimum atomic E-state index is -0.125. The predicted octanol–water partition coefficient (Wildman–Crippen LogP) is 1.91. The van der Waals surface area contributed by atoms with Crippen molar-refractivity contribution in [1.29, 1.82) is 0 Å². The first kappa shape index (κ1) is 13.6. The predicted molar refractivity (Wildman–Crippen MR) is 75.9 cm³/mol. The van der Waals surface area contributed by atoms with Gasteiger partial charge in [0.15, 0.2) is 0 Å². The maximum absolute atomic E-state index is 12.1. The van der Waals surface area contributed by atoms with Crippen LogP contribution in [-0.2, 0) is 4.74 Å². The van der Waals surface area contributed by atoms with Crippen LogP contribution in [0.2, 0.25) is 0 Å². The maximum atomic E-state index is 12.1. The second-order valence-electron chi connectivity index (χ2n) is 4.75. The molecule has 0 radical (unpaired) electrons. The summed E-state index contributed by atoms with van der Waals surface area (Å²) in [5, 5.41) is 6.74. The molecule has 1 N–H and O–H groups in total. The monoisotopic (exact) mass is 288 g/mol. The first-order valence-electron chi connectivity index (χ1n) is 6.77. The molecule has 0 atom stereocenters. The lowest BCUT2D eigenvalue weighted by Gasteiger charge is -2.26. The van der Waals surface area contributed by atoms with Crippen LogP contribution in [0.1, 0.15) is 5.89 Å². The fourth-order valence-corrected chi connectivity index (χ4v) is 2.12. The van der Waals surface area contributed by atoms with Gasteiger partial charge in [0.1, 0.15) is 0 Å². The van der Waals surface area contributed by atoms with Crippen LogP contribution >= 0.6 is 0 Å². The molecule has 2 heterocycles. The number of aryl methyl sites for hydroxylation is 1. The van der Waals surface area contributed by atoms with Crippen LogP contribution in [0.5, 0.6) is 0 Å². The molecule has 1 aliphatic heterocycles. The smallest absolute Gasteiger partial charge is 0.321 e. The van der Waals surface area contributed by atoms with E-state index >= 15 is 0 Å². The van der Waals surface area contributed by atoms with E-state index in [0.29, 0.717) is 43.7 Å². The van der Waals surface area contributed by atoms with Crippen LogP contribution in [0.25, 0.3) is 11.4 Å². The fourth-order valence-electron chi connectivity index (χ4n) is 2.12. The van der Waals surface area contributed by atoms with Gasteiger partial charge in [0.2, 0.25) is 11.7 Å². The third-order valence-corrected chi connectivity index (χ3v) is 3.20. The van der Waals surface area contributed by atoms with Crippen LogP contribution < -0.4 is 5.32 Å². The molecule has 0 spiro atoms. The minimum absolute atomic E-state index is 0.125. The fraction of sp³-hybridized carbons (Fsp3) is 0.357. The Bertz CT molecular complexity index is 635. The Kier molecular flexibility index (Phi) is 3.83. The molecule has 7 heteroatoms. The van der Waals surface area contributed by atoms with Crippen LogP contribution in [0.3, 0.4) is 0 Å². The molecule has 1 fully saturated rings. The SMILES string of the molecule is Cc1nc(-c2cccc(NC(=O)N3CCOCC3)c2)no1. The minimum Gasteiger partial charge on any atom is -0.378 e. The molecular weight excluding hydrogens is 272 g/mol. The van der Waals surface area contributed by atoms with Gasteiger partial charge in [0.25, 0.3) is 0 Å². The van der Waals surface area contributed by atoms with Crippen molar-refractivity contribution in [2.75, 3.05) is 31.6 Å². The zero-order valence-corrected chi connectivity index (χ0v) is 11.7. The van der Waals surface area contributed by atoms with E-state index in [9.17, 15) is 4.79 Å². The highest BCUT2D eigenvalue weighted by molar-refractivity contribution is 5.90. The number of benzene rings is 1. The highest BCUT2D eigenvalue weighted by Crippen LogP contribution is 2.20. The third-order valence-electron chi connectivity index (χ3n) is 3.20. The van der Waals surface area contributed by atoms with Crippen LogP contribution in [0.15, 0.2) is 28.8 Å². The second-order valence-corrected chi connectivity index (χ2v) is 4.75. The molecule has 2 amide bonds. The van der Waals surface area contributed by atoms with Crippen LogP contribution in [-0.4, -0.2) is 47.4 Å². The summed E-state index contributed by atoms with van der Waals surface area (Å²) in [5.74, 6) is 1.02. The molecule has 1 saturated heterocycles. The Morgan fingerprint density at radius 1 is 1.33 bits per heavy atom. The Hall–Kier alpha value is -2.41. The van der Waals surface area contributed by atoms with E-state index in [1.165, 1.54) is 0 Å². The number of amides is 2. The van der Waals surface area contributed by atoms with Gasteiger partial charge in [-0.25, -0.2) is 4.79 Å². The average molecular weight is 288 g/mol. The number of carbonyl (C=O) groups is 1. The normalized spacial score (nSPS) is 15.0. The van der Waals surface area contributed by atoms with Gasteiger partial charge in [-0.2, -0.15) is 4.98 Å². The van der Waals surface area contributed by atoms with Crippen molar-refractivity contribution in [1.82, 2.24) is 15.0 Å². The highest BCUT2D eigenvalue weighted by atomic mass is 16.5. The van der Waals surface area contributed by atoms with Crippen molar-refractivity contribution in [3.8, 4) is 11.4 Å². The van der Waals surface area contributed by atoms with Crippen molar-refractivity contribution in [3.05, 3.63) is 30.2 Å². The molecule has 110 valence electrons. The standard InChI is InChI=1S/C14H16N4O3/c1-10-15-13(17-21-10)11-3-2-4-12(9-11)16-14(19)18-5-7-20-8-6-18/h2-4,9H,5-8H2,1H3,(H,16,19). The Morgan fingerprint density at radius 3 is 2.86 bits per heavy atom. The summed E-state index contributed by atoms with van der Waals surface area (Å²) in [6, 6.07) is 7.24. The number of ether oxygens (including phenoxy) is 1. The number of aromatic nitrogens is 2. The van der Waals surface area contributed by atoms with Crippen molar-refractivity contribution in [2.45, 2.75) is 6.92 Å². The average Bonchev–Trinajstić information content (AvgIpc) is 2.95. The number of morpholine rings is 1. The lowest BCUT2D eigenvalue weighted by molar-refractivity contribution is 0.0564. The van der Waals surface area contributed by atoms with Crippen molar-refractivity contribution >= 4 is 11.7 Å². The molecule has 7 nitrogen and oxygen atoms in total. The summed E-state index contributed by atoms with van der Waals surface area (Å²) in [6.45, 7) is 4.11. The molecule has 0 unspecified atom stereocenters. The number of rotatable bonds is 2. The maximum Gasteiger partial charge on any atom is 0.321 e. The van der Waals surface area contributed by atoms with E-state index in [-0.39, 0.29) is 6.03 Å². The Labute approximate surface area is 121 Å². The molecule has 1 aromatic heterocycles. The molecule has 21 heavy (non-hydrogen) atoms. The van der Waals surface area contributed by atoms with Gasteiger partial charge in [0.05, 0.1) is 13.2 Å². The lowest BCUT2D eigenvalue weighted by atomic mass is 10.2. The molecule has 2 aromatic rings. The number of carbonyl (C=O) groups excluding carboxylic acids is 1. The van der Waals surface area contributed by atoms with Gasteiger partial charge in [-0.05, 0) is 12.1 Å². The first-order chi connectivity index (χ1) is 10.2. The largest absolute Gasteiger partial charge is 0.378 e. The van der Waals surface area contributed by atoms with Gasteiger partial charge in [-0.15, -0.1) is 0 Å². The van der Waals surface area contributed by atoms with Gasteiger partial charge in [-0.3, -0.25) is 0 Å². The van der Waals surface area contributed by atoms with Gasteiger partial charge >= 0.3 is 6.03 Å². The zero-order valence-electron chi connectivity index (χ0n) is 11.7. The van der Waals surface area contributed by atoms with Crippen molar-refractivity contribution in [3.63, 3.8) is 0 Å². The zero-order chi connectivity index (χ0) is 14.7. The number of anilines is 1. The summed E-state index contributed by atoms with van der Waals surface area (Å²) >= 11 is 0. The van der Waals surface area contributed by atoms with Crippen LogP contribution in [0, 0.1) is 6.92 Å². The van der Waals surface area contributed by atoms with E-state index in [1.54, 1.807) is 11.8 Å². The second kappa shape index (κ2) is 5.92. The van der Waals surface area contributed by atoms with Gasteiger partial charge in [-0.1, -0.05) is 17.3 Å². The summed E-state index contributed by atoms with van der Waals surface area (Å²) in [6.07, 6.45) is 0. The third kappa shape index (κ3) is 3.19. The molecule has 0 bridgehead atoms. The topological polar surface area (TPSA) is 80.5 Å². The number of nitrogens with zero attached hydrogens (tertiary/aromatic N) is 3. The van der Waals surface area contributed by atoms with E-state index in [4.69, 9.17) is 9.26 Å². The summed E-state index contributed by atoms with van der Waals surface area (Å²) < 4.78 is 10.2. The van der Waals surface area contributed by atoms with E-state index in [1.807, 2.05) is 24.3 Å². The van der Waals surface area contributed by atoms with Gasteiger partial charge < -0.3 is 19.5 Å². The molecular formula is C14H16N4O3. The van der Waals surface area contributed by atoms with E-state index in [0.717, 1.165) is 5.56 Å². The molecule has 1 aromatic carbocycles. The van der Waals surface area contributed by atoms with Gasteiger partial charge in [0, 0.05) is 31.3 Å². The number of hydrogen-bond acceptors (Lipinski definition) is 5. The summed E-state index contributed by atoms with van der Waals surface area (Å²) in [5.41, 5.74) is 1.50. The number of urea groups is 1. The van der Waals surface area contributed by atoms with E-state index < -0.39 is 0 Å². The molecule has 0 aliphatic carbocycles. The first-order valence-corrected chi connectivity index (χ1v) is 6.77. The summed E-state index contributed by atoms with van der Waals surface area (Å²) in [4.78, 5) is 18.0. The number of nitrogens with one attached hydrogen (secondary N) is 1. The summed E-state index contributed by atoms with van der Waals surface area (Å²) in [7, 11) is 0. The Balaban J connectivity index is 1.72. The molecule has 0 saturated carbocycles. The lowest BCUT2D eigenvalue weighted by Crippen LogP contribution is -2.43. The van der Waals surface area contributed by atoms with Crippen molar-refractivity contribution < 1.29 is 14.1 Å². The molecule has 1 aliphatic rings. The van der Waals surface area contributed by atoms with Crippen molar-refractivity contribution in [2.24, 2.45) is 0 Å². The molecule has 3 rings (SSSR count). The Morgan fingerprint density at radius 2 is 2.14 bits per heavy atom.